The third kappa shape index (κ3) is 4.52. The molecule has 0 heterocycles. The number of hydrogen-bond donors (Lipinski definition) is 1. The van der Waals surface area contributed by atoms with Crippen LogP contribution in [0.1, 0.15) is 18.4 Å². The number of carbonyl (C=O) groups excluding carboxylic acids is 1. The number of carbonyl (C=O) groups is 1. The Balaban J connectivity index is 1.88. The topological polar surface area (TPSA) is 41.6 Å². The minimum Gasteiger partial charge on any atom is -0.493 e. The van der Waals surface area contributed by atoms with Gasteiger partial charge in [-0.05, 0) is 29.8 Å². The molecule has 116 valence electrons. The minimum atomic E-state index is -0.147. The summed E-state index contributed by atoms with van der Waals surface area (Å²) in [5.41, 5.74) is 2.01. The molecule has 0 aliphatic heterocycles. The maximum Gasteiger partial charge on any atom is 0.321 e. The zero-order chi connectivity index (χ0) is 15.9. The van der Waals surface area contributed by atoms with Crippen LogP contribution in [0, 0.1) is 0 Å². The van der Waals surface area contributed by atoms with Gasteiger partial charge >= 0.3 is 6.03 Å². The first-order chi connectivity index (χ1) is 10.6. The summed E-state index contributed by atoms with van der Waals surface area (Å²) in [4.78, 5) is 13.0. The fraction of sp³-hybridized carbons (Fsp3) is 0.278. The fourth-order valence-electron chi connectivity index (χ4n) is 1.97. The molecule has 0 saturated heterocycles. The smallest absolute Gasteiger partial charge is 0.321 e. The molecular weight excluding hydrogens is 276 g/mol. The second kappa shape index (κ2) is 7.50. The SMILES string of the molecule is CC(COc1ccc(NC(=O)N(C)C)cc1)c1ccccc1. The third-order valence-electron chi connectivity index (χ3n) is 3.38. The van der Waals surface area contributed by atoms with Crippen molar-refractivity contribution < 1.29 is 9.53 Å². The molecular formula is C18H22N2O2. The molecule has 2 aromatic rings. The molecule has 0 saturated carbocycles. The van der Waals surface area contributed by atoms with Crippen molar-refractivity contribution >= 4 is 11.7 Å². The molecule has 2 rings (SSSR count). The number of anilines is 1. The number of nitrogens with one attached hydrogen (secondary N) is 1. The van der Waals surface area contributed by atoms with Crippen LogP contribution in [0.2, 0.25) is 0 Å². The highest BCUT2D eigenvalue weighted by Crippen LogP contribution is 2.19. The number of rotatable bonds is 5. The van der Waals surface area contributed by atoms with Gasteiger partial charge in [-0.25, -0.2) is 4.79 Å². The molecule has 2 amide bonds. The average Bonchev–Trinajstić information content (AvgIpc) is 2.54. The molecule has 1 unspecified atom stereocenters. The maximum absolute atomic E-state index is 11.6. The Morgan fingerprint density at radius 3 is 2.32 bits per heavy atom. The standard InChI is InChI=1S/C18H22N2O2/c1-14(15-7-5-4-6-8-15)13-22-17-11-9-16(10-12-17)19-18(21)20(2)3/h4-12,14H,13H2,1-3H3,(H,19,21). The molecule has 4 heteroatoms. The molecule has 1 atom stereocenters. The van der Waals surface area contributed by atoms with E-state index in [1.54, 1.807) is 14.1 Å². The Morgan fingerprint density at radius 2 is 1.73 bits per heavy atom. The largest absolute Gasteiger partial charge is 0.493 e. The van der Waals surface area contributed by atoms with E-state index in [0.717, 1.165) is 11.4 Å². The normalized spacial score (nSPS) is 11.6. The monoisotopic (exact) mass is 298 g/mol. The predicted molar refractivity (Wildman–Crippen MR) is 89.5 cm³/mol. The molecule has 2 aromatic carbocycles. The summed E-state index contributed by atoms with van der Waals surface area (Å²) in [7, 11) is 3.41. The van der Waals surface area contributed by atoms with Crippen molar-refractivity contribution in [3.05, 3.63) is 60.2 Å². The van der Waals surface area contributed by atoms with Crippen molar-refractivity contribution in [1.82, 2.24) is 4.90 Å². The molecule has 0 aliphatic rings. The zero-order valence-corrected chi connectivity index (χ0v) is 13.2. The Labute approximate surface area is 131 Å². The minimum absolute atomic E-state index is 0.147. The first-order valence-electron chi connectivity index (χ1n) is 7.32. The summed E-state index contributed by atoms with van der Waals surface area (Å²) >= 11 is 0. The van der Waals surface area contributed by atoms with Crippen LogP contribution in [0.15, 0.2) is 54.6 Å². The second-order valence-electron chi connectivity index (χ2n) is 5.47. The molecule has 0 radical (unpaired) electrons. The molecule has 1 N–H and O–H groups in total. The quantitative estimate of drug-likeness (QED) is 0.907. The Kier molecular flexibility index (Phi) is 5.42. The van der Waals surface area contributed by atoms with Gasteiger partial charge in [0.05, 0.1) is 6.61 Å². The summed E-state index contributed by atoms with van der Waals surface area (Å²) in [6, 6.07) is 17.5. The number of hydrogen-bond acceptors (Lipinski definition) is 2. The number of amides is 2. The van der Waals surface area contributed by atoms with Crippen LogP contribution in [0.3, 0.4) is 0 Å². The van der Waals surface area contributed by atoms with E-state index in [9.17, 15) is 4.79 Å². The summed E-state index contributed by atoms with van der Waals surface area (Å²) in [6.07, 6.45) is 0. The number of nitrogens with zero attached hydrogens (tertiary/aromatic N) is 1. The van der Waals surface area contributed by atoms with Crippen molar-refractivity contribution in [3.8, 4) is 5.75 Å². The average molecular weight is 298 g/mol. The second-order valence-corrected chi connectivity index (χ2v) is 5.47. The van der Waals surface area contributed by atoms with Gasteiger partial charge in [-0.1, -0.05) is 37.3 Å². The van der Waals surface area contributed by atoms with E-state index in [2.05, 4.69) is 24.4 Å². The van der Waals surface area contributed by atoms with Gasteiger partial charge in [0.2, 0.25) is 0 Å². The Morgan fingerprint density at radius 1 is 1.09 bits per heavy atom. The van der Waals surface area contributed by atoms with Crippen LogP contribution in [0.25, 0.3) is 0 Å². The highest BCUT2D eigenvalue weighted by molar-refractivity contribution is 5.88. The van der Waals surface area contributed by atoms with E-state index in [-0.39, 0.29) is 6.03 Å². The van der Waals surface area contributed by atoms with Gasteiger partial charge in [0.1, 0.15) is 5.75 Å². The molecule has 22 heavy (non-hydrogen) atoms. The molecule has 0 bridgehead atoms. The number of benzene rings is 2. The Bertz CT molecular complexity index is 594. The van der Waals surface area contributed by atoms with Crippen molar-refractivity contribution in [3.63, 3.8) is 0 Å². The van der Waals surface area contributed by atoms with Crippen LogP contribution >= 0.6 is 0 Å². The summed E-state index contributed by atoms with van der Waals surface area (Å²) in [5, 5.41) is 2.79. The molecule has 4 nitrogen and oxygen atoms in total. The van der Waals surface area contributed by atoms with Gasteiger partial charge in [-0.3, -0.25) is 0 Å². The first kappa shape index (κ1) is 15.9. The van der Waals surface area contributed by atoms with Gasteiger partial charge in [-0.2, -0.15) is 0 Å². The van der Waals surface area contributed by atoms with Gasteiger partial charge in [0, 0.05) is 25.7 Å². The van der Waals surface area contributed by atoms with Crippen LogP contribution < -0.4 is 10.1 Å². The van der Waals surface area contributed by atoms with Crippen LogP contribution in [-0.2, 0) is 0 Å². The number of urea groups is 1. The van der Waals surface area contributed by atoms with Crippen LogP contribution in [0.5, 0.6) is 5.75 Å². The van der Waals surface area contributed by atoms with E-state index in [1.807, 2.05) is 42.5 Å². The van der Waals surface area contributed by atoms with E-state index in [0.29, 0.717) is 12.5 Å². The van der Waals surface area contributed by atoms with E-state index >= 15 is 0 Å². The number of ether oxygens (including phenoxy) is 1. The van der Waals surface area contributed by atoms with Crippen molar-refractivity contribution in [2.75, 3.05) is 26.0 Å². The zero-order valence-electron chi connectivity index (χ0n) is 13.2. The maximum atomic E-state index is 11.6. The lowest BCUT2D eigenvalue weighted by molar-refractivity contribution is 0.230. The van der Waals surface area contributed by atoms with Gasteiger partial charge in [0.15, 0.2) is 0 Å². The molecule has 0 spiro atoms. The summed E-state index contributed by atoms with van der Waals surface area (Å²) < 4.78 is 5.81. The van der Waals surface area contributed by atoms with Crippen molar-refractivity contribution in [2.24, 2.45) is 0 Å². The molecule has 0 aliphatic carbocycles. The van der Waals surface area contributed by atoms with Crippen LogP contribution in [0.4, 0.5) is 10.5 Å². The predicted octanol–water partition coefficient (Wildman–Crippen LogP) is 3.96. The Hall–Kier alpha value is -2.49. The lowest BCUT2D eigenvalue weighted by Crippen LogP contribution is -2.27. The summed E-state index contributed by atoms with van der Waals surface area (Å²) in [6.45, 7) is 2.76. The van der Waals surface area contributed by atoms with E-state index in [1.165, 1.54) is 10.5 Å². The lowest BCUT2D eigenvalue weighted by atomic mass is 10.0. The van der Waals surface area contributed by atoms with Gasteiger partial charge in [-0.15, -0.1) is 0 Å². The highest BCUT2D eigenvalue weighted by Gasteiger charge is 2.07. The fourth-order valence-corrected chi connectivity index (χ4v) is 1.97. The third-order valence-corrected chi connectivity index (χ3v) is 3.38. The van der Waals surface area contributed by atoms with Crippen molar-refractivity contribution in [2.45, 2.75) is 12.8 Å². The van der Waals surface area contributed by atoms with E-state index in [4.69, 9.17) is 4.74 Å². The van der Waals surface area contributed by atoms with E-state index < -0.39 is 0 Å². The highest BCUT2D eigenvalue weighted by atomic mass is 16.5. The molecule has 0 fully saturated rings. The first-order valence-corrected chi connectivity index (χ1v) is 7.32. The van der Waals surface area contributed by atoms with Crippen molar-refractivity contribution in [1.29, 1.82) is 0 Å². The van der Waals surface area contributed by atoms with Gasteiger partial charge in [0.25, 0.3) is 0 Å². The van der Waals surface area contributed by atoms with Gasteiger partial charge < -0.3 is 15.0 Å². The molecule has 0 aromatic heterocycles. The lowest BCUT2D eigenvalue weighted by Gasteiger charge is -2.14. The summed E-state index contributed by atoms with van der Waals surface area (Å²) in [5.74, 6) is 1.12. The van der Waals surface area contributed by atoms with Crippen LogP contribution in [-0.4, -0.2) is 31.6 Å².